The molecular formula is C29H31NO5S. The van der Waals surface area contributed by atoms with Crippen LogP contribution in [0.2, 0.25) is 0 Å². The molecule has 4 rings (SSSR count). The third-order valence-electron chi connectivity index (χ3n) is 5.85. The van der Waals surface area contributed by atoms with Crippen LogP contribution in [0.4, 0.5) is 0 Å². The van der Waals surface area contributed by atoms with E-state index in [4.69, 9.17) is 14.2 Å². The van der Waals surface area contributed by atoms with Crippen molar-refractivity contribution in [2.24, 2.45) is 0 Å². The molecule has 0 atom stereocenters. The summed E-state index contributed by atoms with van der Waals surface area (Å²) in [5.41, 5.74) is 3.47. The van der Waals surface area contributed by atoms with Crippen molar-refractivity contribution in [3.8, 4) is 39.3 Å². The number of aromatic amines is 1. The van der Waals surface area contributed by atoms with E-state index >= 15 is 0 Å². The zero-order chi connectivity index (χ0) is 25.3. The molecule has 0 amide bonds. The van der Waals surface area contributed by atoms with Gasteiger partial charge in [-0.3, -0.25) is 9.78 Å². The van der Waals surface area contributed by atoms with E-state index in [1.807, 2.05) is 54.6 Å². The molecule has 2 N–H and O–H groups in total. The first kappa shape index (κ1) is 25.4. The number of aromatic nitrogens is 1. The van der Waals surface area contributed by atoms with Gasteiger partial charge in [0.2, 0.25) is 5.88 Å². The largest absolute Gasteiger partial charge is 0.497 e. The number of benzene rings is 3. The van der Waals surface area contributed by atoms with Gasteiger partial charge in [0.25, 0.3) is 0 Å². The van der Waals surface area contributed by atoms with Crippen LogP contribution < -0.4 is 19.1 Å². The number of H-pyrrole nitrogens is 1. The average Bonchev–Trinajstić information content (AvgIpc) is 3.23. The first-order valence-electron chi connectivity index (χ1n) is 12.1. The number of thiazole rings is 1. The van der Waals surface area contributed by atoms with Crippen molar-refractivity contribution >= 4 is 11.3 Å². The minimum atomic E-state index is -0.274. The molecule has 6 nitrogen and oxygen atoms in total. The molecule has 7 heteroatoms. The number of aryl methyl sites for hydroxylation is 2. The number of hydrogen-bond acceptors (Lipinski definition) is 6. The van der Waals surface area contributed by atoms with E-state index in [1.54, 1.807) is 7.11 Å². The van der Waals surface area contributed by atoms with Crippen molar-refractivity contribution < 1.29 is 19.3 Å². The van der Waals surface area contributed by atoms with Crippen molar-refractivity contribution in [1.29, 1.82) is 0 Å². The van der Waals surface area contributed by atoms with E-state index in [1.165, 1.54) is 11.1 Å². The highest BCUT2D eigenvalue weighted by molar-refractivity contribution is 7.13. The number of rotatable bonds is 12. The van der Waals surface area contributed by atoms with Gasteiger partial charge >= 0.3 is 4.87 Å². The van der Waals surface area contributed by atoms with Gasteiger partial charge in [-0.25, -0.2) is 0 Å². The predicted octanol–water partition coefficient (Wildman–Crippen LogP) is 6.96. The van der Waals surface area contributed by atoms with Crippen LogP contribution in [0.15, 0.2) is 71.5 Å². The number of unbranched alkanes of at least 4 members (excludes halogenated alkanes) is 1. The lowest BCUT2D eigenvalue weighted by atomic mass is 9.98. The highest BCUT2D eigenvalue weighted by atomic mass is 32.1. The lowest BCUT2D eigenvalue weighted by molar-refractivity contribution is 0.307. The van der Waals surface area contributed by atoms with Gasteiger partial charge < -0.3 is 19.3 Å². The van der Waals surface area contributed by atoms with E-state index in [-0.39, 0.29) is 10.8 Å². The zero-order valence-corrected chi connectivity index (χ0v) is 21.4. The van der Waals surface area contributed by atoms with Crippen molar-refractivity contribution in [2.75, 3.05) is 13.7 Å². The van der Waals surface area contributed by atoms with Crippen LogP contribution >= 0.6 is 11.3 Å². The van der Waals surface area contributed by atoms with Crippen molar-refractivity contribution in [3.63, 3.8) is 0 Å². The normalized spacial score (nSPS) is 10.8. The van der Waals surface area contributed by atoms with Crippen LogP contribution in [0, 0.1) is 0 Å². The highest BCUT2D eigenvalue weighted by Gasteiger charge is 2.10. The van der Waals surface area contributed by atoms with Crippen LogP contribution in [0.1, 0.15) is 37.3 Å². The summed E-state index contributed by atoms with van der Waals surface area (Å²) in [4.78, 5) is 14.0. The van der Waals surface area contributed by atoms with Crippen molar-refractivity contribution in [3.05, 3.63) is 87.5 Å². The number of nitrogens with one attached hydrogen (secondary N) is 1. The molecule has 0 bridgehead atoms. The standard InChI is InChI=1S/C29H31NO5S/c1-3-6-22-19-26(35-25-16-14-23(33-2)15-17-25)13-8-20(22)7-4-5-18-34-24-11-9-21(10-12-24)27-28(31)30-29(32)36-27/h8-17,19,31H,3-7,18H2,1-2H3,(H,30,32). The van der Waals surface area contributed by atoms with E-state index in [0.717, 1.165) is 72.0 Å². The molecule has 0 radical (unpaired) electrons. The van der Waals surface area contributed by atoms with Gasteiger partial charge in [-0.1, -0.05) is 30.7 Å². The maximum absolute atomic E-state index is 11.4. The highest BCUT2D eigenvalue weighted by Crippen LogP contribution is 2.31. The van der Waals surface area contributed by atoms with E-state index in [0.29, 0.717) is 11.5 Å². The third kappa shape index (κ3) is 6.70. The van der Waals surface area contributed by atoms with Crippen molar-refractivity contribution in [2.45, 2.75) is 39.0 Å². The van der Waals surface area contributed by atoms with Gasteiger partial charge in [0.1, 0.15) is 23.0 Å². The quantitative estimate of drug-likeness (QED) is 0.203. The predicted molar refractivity (Wildman–Crippen MR) is 144 cm³/mol. The Morgan fingerprint density at radius 2 is 1.53 bits per heavy atom. The molecule has 0 aliphatic carbocycles. The maximum Gasteiger partial charge on any atom is 0.307 e. The minimum absolute atomic E-state index is 0.0959. The molecule has 4 aromatic rings. The molecule has 0 saturated carbocycles. The Kier molecular flexibility index (Phi) is 8.68. The second-order valence-corrected chi connectivity index (χ2v) is 9.46. The summed E-state index contributed by atoms with van der Waals surface area (Å²) in [5.74, 6) is 3.12. The molecule has 3 aromatic carbocycles. The Bertz CT molecular complexity index is 1310. The molecule has 188 valence electrons. The molecule has 36 heavy (non-hydrogen) atoms. The Morgan fingerprint density at radius 3 is 2.19 bits per heavy atom. The van der Waals surface area contributed by atoms with Crippen LogP contribution in [-0.4, -0.2) is 23.8 Å². The van der Waals surface area contributed by atoms with Gasteiger partial charge in [-0.15, -0.1) is 0 Å². The summed E-state index contributed by atoms with van der Waals surface area (Å²) in [6.45, 7) is 2.82. The summed E-state index contributed by atoms with van der Waals surface area (Å²) in [6, 6.07) is 21.4. The Labute approximate surface area is 215 Å². The molecular weight excluding hydrogens is 474 g/mol. The number of ether oxygens (including phenoxy) is 3. The number of hydrogen-bond donors (Lipinski definition) is 2. The van der Waals surface area contributed by atoms with Gasteiger partial charge in [0.05, 0.1) is 18.6 Å². The SMILES string of the molecule is CCCc1cc(Oc2ccc(OC)cc2)ccc1CCCCOc1ccc(-c2sc(=O)[nH]c2O)cc1. The smallest absolute Gasteiger partial charge is 0.307 e. The van der Waals surface area contributed by atoms with Gasteiger partial charge in [0, 0.05) is 0 Å². The molecule has 1 heterocycles. The lowest BCUT2D eigenvalue weighted by Gasteiger charge is -2.13. The summed E-state index contributed by atoms with van der Waals surface area (Å²) in [5, 5.41) is 9.81. The van der Waals surface area contributed by atoms with Crippen LogP contribution in [0.5, 0.6) is 28.9 Å². The molecule has 0 saturated heterocycles. The monoisotopic (exact) mass is 505 g/mol. The van der Waals surface area contributed by atoms with Gasteiger partial charge in [-0.2, -0.15) is 0 Å². The first-order valence-corrected chi connectivity index (χ1v) is 13.0. The molecule has 0 aliphatic rings. The second-order valence-electron chi connectivity index (χ2n) is 8.48. The van der Waals surface area contributed by atoms with E-state index in [9.17, 15) is 9.90 Å². The topological polar surface area (TPSA) is 80.8 Å². The Balaban J connectivity index is 1.27. The summed E-state index contributed by atoms with van der Waals surface area (Å²) in [6.07, 6.45) is 5.06. The maximum atomic E-state index is 11.4. The van der Waals surface area contributed by atoms with Gasteiger partial charge in [0.15, 0.2) is 0 Å². The average molecular weight is 506 g/mol. The summed E-state index contributed by atoms with van der Waals surface area (Å²) < 4.78 is 17.2. The molecule has 0 fully saturated rings. The Morgan fingerprint density at radius 1 is 0.833 bits per heavy atom. The molecule has 0 unspecified atom stereocenters. The molecule has 1 aromatic heterocycles. The van der Waals surface area contributed by atoms with E-state index < -0.39 is 0 Å². The van der Waals surface area contributed by atoms with E-state index in [2.05, 4.69) is 24.0 Å². The lowest BCUT2D eigenvalue weighted by Crippen LogP contribution is -2.00. The van der Waals surface area contributed by atoms with Crippen LogP contribution in [-0.2, 0) is 12.8 Å². The zero-order valence-electron chi connectivity index (χ0n) is 20.6. The Hall–Kier alpha value is -3.71. The second kappa shape index (κ2) is 12.3. The summed E-state index contributed by atoms with van der Waals surface area (Å²) in [7, 11) is 1.65. The van der Waals surface area contributed by atoms with Crippen LogP contribution in [0.3, 0.4) is 0 Å². The number of methoxy groups -OCH3 is 1. The van der Waals surface area contributed by atoms with Crippen molar-refractivity contribution in [1.82, 2.24) is 4.98 Å². The molecule has 0 aliphatic heterocycles. The third-order valence-corrected chi connectivity index (χ3v) is 6.77. The fraction of sp³-hybridized carbons (Fsp3) is 0.276. The molecule has 0 spiro atoms. The first-order chi connectivity index (χ1) is 17.6. The minimum Gasteiger partial charge on any atom is -0.497 e. The van der Waals surface area contributed by atoms with Gasteiger partial charge in [-0.05, 0) is 103 Å². The number of aromatic hydroxyl groups is 1. The fourth-order valence-corrected chi connectivity index (χ4v) is 4.75. The summed E-state index contributed by atoms with van der Waals surface area (Å²) >= 11 is 0.988. The van der Waals surface area contributed by atoms with Crippen LogP contribution in [0.25, 0.3) is 10.4 Å². The fourth-order valence-electron chi connectivity index (χ4n) is 4.02.